The monoisotopic (exact) mass is 293 g/mol. The van der Waals surface area contributed by atoms with E-state index in [-0.39, 0.29) is 10.6 Å². The molecule has 0 saturated carbocycles. The van der Waals surface area contributed by atoms with E-state index in [0.717, 1.165) is 4.90 Å². The fourth-order valence-electron chi connectivity index (χ4n) is 1.55. The number of carbonyl (C=O) groups is 1. The zero-order valence-electron chi connectivity index (χ0n) is 10.5. The summed E-state index contributed by atoms with van der Waals surface area (Å²) in [4.78, 5) is 16.1. The molecule has 1 heterocycles. The van der Waals surface area contributed by atoms with Gasteiger partial charge in [0.25, 0.3) is 0 Å². The molecule has 3 nitrogen and oxygen atoms in total. The lowest BCUT2D eigenvalue weighted by molar-refractivity contribution is 0.0696. The van der Waals surface area contributed by atoms with Crippen LogP contribution in [0.15, 0.2) is 40.4 Å². The quantitative estimate of drug-likeness (QED) is 0.921. The van der Waals surface area contributed by atoms with Crippen LogP contribution in [0.5, 0.6) is 0 Å². The molecule has 1 aromatic heterocycles. The van der Waals surface area contributed by atoms with E-state index in [1.165, 1.54) is 35.2 Å². The lowest BCUT2D eigenvalue weighted by atomic mass is 10.1. The SMILES string of the molecule is Cc1ccc(Sc2nccc(C(=O)O)c2Cl)cc1C. The second-order valence-electron chi connectivity index (χ2n) is 4.13. The molecule has 0 aliphatic rings. The molecule has 0 atom stereocenters. The smallest absolute Gasteiger partial charge is 0.337 e. The third kappa shape index (κ3) is 3.08. The molecule has 19 heavy (non-hydrogen) atoms. The van der Waals surface area contributed by atoms with Crippen molar-refractivity contribution in [2.75, 3.05) is 0 Å². The number of carboxylic acids is 1. The predicted octanol–water partition coefficient (Wildman–Crippen LogP) is 4.20. The van der Waals surface area contributed by atoms with Crippen LogP contribution in [0.2, 0.25) is 5.02 Å². The lowest BCUT2D eigenvalue weighted by Gasteiger charge is -2.07. The number of rotatable bonds is 3. The first-order valence-corrected chi connectivity index (χ1v) is 6.81. The largest absolute Gasteiger partial charge is 0.478 e. The second kappa shape index (κ2) is 5.63. The topological polar surface area (TPSA) is 50.2 Å². The summed E-state index contributed by atoms with van der Waals surface area (Å²) in [5.41, 5.74) is 2.46. The van der Waals surface area contributed by atoms with E-state index in [9.17, 15) is 4.79 Å². The maximum absolute atomic E-state index is 11.0. The van der Waals surface area contributed by atoms with Gasteiger partial charge >= 0.3 is 5.97 Å². The highest BCUT2D eigenvalue weighted by molar-refractivity contribution is 7.99. The van der Waals surface area contributed by atoms with Gasteiger partial charge in [-0.1, -0.05) is 29.4 Å². The molecule has 1 aromatic carbocycles. The first kappa shape index (κ1) is 13.9. The van der Waals surface area contributed by atoms with E-state index in [1.54, 1.807) is 0 Å². The molecule has 5 heteroatoms. The second-order valence-corrected chi connectivity index (χ2v) is 5.57. The number of hydrogen-bond acceptors (Lipinski definition) is 3. The van der Waals surface area contributed by atoms with Crippen molar-refractivity contribution in [1.29, 1.82) is 0 Å². The minimum Gasteiger partial charge on any atom is -0.478 e. The number of carboxylic acid groups (broad SMARTS) is 1. The summed E-state index contributed by atoms with van der Waals surface area (Å²) < 4.78 is 0. The zero-order valence-corrected chi connectivity index (χ0v) is 12.0. The molecule has 0 spiro atoms. The molecule has 1 N–H and O–H groups in total. The lowest BCUT2D eigenvalue weighted by Crippen LogP contribution is -1.99. The van der Waals surface area contributed by atoms with E-state index in [0.29, 0.717) is 5.03 Å². The van der Waals surface area contributed by atoms with Gasteiger partial charge in [0.15, 0.2) is 0 Å². The van der Waals surface area contributed by atoms with Gasteiger partial charge in [0.05, 0.1) is 10.6 Å². The van der Waals surface area contributed by atoms with Gasteiger partial charge in [0, 0.05) is 11.1 Å². The number of benzene rings is 1. The molecule has 2 rings (SSSR count). The van der Waals surface area contributed by atoms with Crippen LogP contribution >= 0.6 is 23.4 Å². The molecular formula is C14H12ClNO2S. The van der Waals surface area contributed by atoms with Crippen LogP contribution in [-0.4, -0.2) is 16.1 Å². The number of pyridine rings is 1. The number of halogens is 1. The van der Waals surface area contributed by atoms with Crippen LogP contribution in [0, 0.1) is 13.8 Å². The Morgan fingerprint density at radius 2 is 2.00 bits per heavy atom. The van der Waals surface area contributed by atoms with Crippen LogP contribution in [0.4, 0.5) is 0 Å². The van der Waals surface area contributed by atoms with Gasteiger partial charge in [-0.15, -0.1) is 0 Å². The molecule has 2 aromatic rings. The van der Waals surface area contributed by atoms with Crippen LogP contribution in [0.3, 0.4) is 0 Å². The fourth-order valence-corrected chi connectivity index (χ4v) is 2.77. The summed E-state index contributed by atoms with van der Waals surface area (Å²) in [6.07, 6.45) is 1.46. The summed E-state index contributed by atoms with van der Waals surface area (Å²) in [7, 11) is 0. The average molecular weight is 294 g/mol. The molecule has 0 bridgehead atoms. The van der Waals surface area contributed by atoms with Crippen LogP contribution < -0.4 is 0 Å². The maximum Gasteiger partial charge on any atom is 0.337 e. The Labute approximate surface area is 120 Å². The predicted molar refractivity (Wildman–Crippen MR) is 76.2 cm³/mol. The van der Waals surface area contributed by atoms with Crippen molar-refractivity contribution < 1.29 is 9.90 Å². The standard InChI is InChI=1S/C14H12ClNO2S/c1-8-3-4-10(7-9(8)2)19-13-12(15)11(14(17)18)5-6-16-13/h3-7H,1-2H3,(H,17,18). The van der Waals surface area contributed by atoms with Gasteiger partial charge in [-0.3, -0.25) is 0 Å². The first-order chi connectivity index (χ1) is 8.99. The van der Waals surface area contributed by atoms with E-state index in [4.69, 9.17) is 16.7 Å². The van der Waals surface area contributed by atoms with Crippen molar-refractivity contribution in [1.82, 2.24) is 4.98 Å². The van der Waals surface area contributed by atoms with Crippen molar-refractivity contribution in [3.05, 3.63) is 52.2 Å². The highest BCUT2D eigenvalue weighted by Gasteiger charge is 2.14. The minimum atomic E-state index is -1.05. The van der Waals surface area contributed by atoms with Gasteiger partial charge in [-0.25, -0.2) is 9.78 Å². The van der Waals surface area contributed by atoms with Gasteiger partial charge in [-0.05, 0) is 43.2 Å². The molecule has 0 radical (unpaired) electrons. The Hall–Kier alpha value is -1.52. The Morgan fingerprint density at radius 1 is 1.26 bits per heavy atom. The van der Waals surface area contributed by atoms with E-state index in [2.05, 4.69) is 4.98 Å². The summed E-state index contributed by atoms with van der Waals surface area (Å²) in [6, 6.07) is 7.42. The fraction of sp³-hybridized carbons (Fsp3) is 0.143. The first-order valence-electron chi connectivity index (χ1n) is 5.62. The van der Waals surface area contributed by atoms with Crippen LogP contribution in [0.1, 0.15) is 21.5 Å². The number of aromatic carboxylic acids is 1. The third-order valence-corrected chi connectivity index (χ3v) is 4.27. The maximum atomic E-state index is 11.0. The van der Waals surface area contributed by atoms with Crippen molar-refractivity contribution in [3.63, 3.8) is 0 Å². The molecular weight excluding hydrogens is 282 g/mol. The van der Waals surface area contributed by atoms with E-state index in [1.807, 2.05) is 32.0 Å². The van der Waals surface area contributed by atoms with Gasteiger partial charge < -0.3 is 5.11 Å². The highest BCUT2D eigenvalue weighted by Crippen LogP contribution is 2.34. The molecule has 0 unspecified atom stereocenters. The van der Waals surface area contributed by atoms with Crippen molar-refractivity contribution in [2.45, 2.75) is 23.8 Å². The zero-order chi connectivity index (χ0) is 14.0. The van der Waals surface area contributed by atoms with Gasteiger partial charge in [0.2, 0.25) is 0 Å². The Balaban J connectivity index is 2.35. The summed E-state index contributed by atoms with van der Waals surface area (Å²) in [5, 5.41) is 9.70. The van der Waals surface area contributed by atoms with Crippen molar-refractivity contribution in [3.8, 4) is 0 Å². The molecule has 0 fully saturated rings. The average Bonchev–Trinajstić information content (AvgIpc) is 2.36. The number of hydrogen-bond donors (Lipinski definition) is 1. The van der Waals surface area contributed by atoms with Crippen LogP contribution in [-0.2, 0) is 0 Å². The summed E-state index contributed by atoms with van der Waals surface area (Å²) in [5.74, 6) is -1.05. The molecule has 0 saturated heterocycles. The normalized spacial score (nSPS) is 10.5. The van der Waals surface area contributed by atoms with Gasteiger partial charge in [0.1, 0.15) is 5.03 Å². The van der Waals surface area contributed by atoms with E-state index < -0.39 is 5.97 Å². The highest BCUT2D eigenvalue weighted by atomic mass is 35.5. The van der Waals surface area contributed by atoms with Gasteiger partial charge in [-0.2, -0.15) is 0 Å². The molecule has 98 valence electrons. The Bertz CT molecular complexity index is 643. The Morgan fingerprint density at radius 3 is 2.63 bits per heavy atom. The number of aryl methyl sites for hydroxylation is 2. The number of aromatic nitrogens is 1. The number of nitrogens with zero attached hydrogens (tertiary/aromatic N) is 1. The summed E-state index contributed by atoms with van der Waals surface area (Å²) in [6.45, 7) is 4.07. The summed E-state index contributed by atoms with van der Waals surface area (Å²) >= 11 is 7.42. The minimum absolute atomic E-state index is 0.0722. The molecule has 0 amide bonds. The van der Waals surface area contributed by atoms with E-state index >= 15 is 0 Å². The Kier molecular flexibility index (Phi) is 4.12. The van der Waals surface area contributed by atoms with Crippen molar-refractivity contribution in [2.24, 2.45) is 0 Å². The third-order valence-electron chi connectivity index (χ3n) is 2.78. The van der Waals surface area contributed by atoms with Crippen molar-refractivity contribution >= 4 is 29.3 Å². The molecule has 0 aliphatic carbocycles. The van der Waals surface area contributed by atoms with Crippen LogP contribution in [0.25, 0.3) is 0 Å². The molecule has 0 aliphatic heterocycles.